The van der Waals surface area contributed by atoms with Gasteiger partial charge in [0.1, 0.15) is 12.4 Å². The summed E-state index contributed by atoms with van der Waals surface area (Å²) in [5.74, 6) is -3.37. The first-order valence-corrected chi connectivity index (χ1v) is 4.16. The number of hydrogen-bond acceptors (Lipinski definition) is 2. The molecular weight excluding hydrogens is 247 g/mol. The average Bonchev–Trinajstić information content (AvgIpc) is 2.59. The maximum atomic E-state index is 13.2. The molecule has 0 aromatic heterocycles. The van der Waals surface area contributed by atoms with Crippen molar-refractivity contribution in [1.82, 2.24) is 5.32 Å². The summed E-state index contributed by atoms with van der Waals surface area (Å²) in [6.07, 6.45) is -0.775. The SMILES string of the molecule is Cl.O=C1N[C@H](c2c(F)ccc(F)c2F)CO1. The number of carbonyl (C=O) groups is 1. The summed E-state index contributed by atoms with van der Waals surface area (Å²) >= 11 is 0. The van der Waals surface area contributed by atoms with Crippen molar-refractivity contribution in [3.63, 3.8) is 0 Å². The second kappa shape index (κ2) is 4.61. The summed E-state index contributed by atoms with van der Waals surface area (Å²) in [5.41, 5.74) is -0.513. The number of benzene rings is 1. The monoisotopic (exact) mass is 253 g/mol. The van der Waals surface area contributed by atoms with E-state index in [1.165, 1.54) is 0 Å². The van der Waals surface area contributed by atoms with Crippen LogP contribution in [-0.4, -0.2) is 12.7 Å². The van der Waals surface area contributed by atoms with Crippen LogP contribution in [0.4, 0.5) is 18.0 Å². The van der Waals surface area contributed by atoms with E-state index >= 15 is 0 Å². The Kier molecular flexibility index (Phi) is 3.64. The molecule has 0 saturated carbocycles. The lowest BCUT2D eigenvalue weighted by Crippen LogP contribution is -2.21. The zero-order valence-electron chi connectivity index (χ0n) is 7.80. The maximum absolute atomic E-state index is 13.2. The van der Waals surface area contributed by atoms with E-state index in [4.69, 9.17) is 0 Å². The lowest BCUT2D eigenvalue weighted by molar-refractivity contribution is 0.176. The van der Waals surface area contributed by atoms with Crippen molar-refractivity contribution < 1.29 is 22.7 Å². The first kappa shape index (κ1) is 12.6. The van der Waals surface area contributed by atoms with Gasteiger partial charge in [-0.1, -0.05) is 0 Å². The Morgan fingerprint density at radius 2 is 1.88 bits per heavy atom. The zero-order valence-corrected chi connectivity index (χ0v) is 8.61. The predicted octanol–water partition coefficient (Wildman–Crippen LogP) is 2.31. The fourth-order valence-corrected chi connectivity index (χ4v) is 1.40. The van der Waals surface area contributed by atoms with Crippen molar-refractivity contribution in [3.8, 4) is 0 Å². The molecule has 88 valence electrons. The topological polar surface area (TPSA) is 38.3 Å². The highest BCUT2D eigenvalue weighted by Crippen LogP contribution is 2.25. The van der Waals surface area contributed by atoms with Gasteiger partial charge in [-0.25, -0.2) is 18.0 Å². The van der Waals surface area contributed by atoms with Gasteiger partial charge in [0, 0.05) is 0 Å². The molecule has 1 saturated heterocycles. The lowest BCUT2D eigenvalue weighted by Gasteiger charge is -2.10. The molecule has 7 heteroatoms. The number of carbonyl (C=O) groups excluding carboxylic acids is 1. The van der Waals surface area contributed by atoms with Crippen molar-refractivity contribution in [2.24, 2.45) is 0 Å². The smallest absolute Gasteiger partial charge is 0.407 e. The van der Waals surface area contributed by atoms with Crippen LogP contribution in [0.3, 0.4) is 0 Å². The van der Waals surface area contributed by atoms with Crippen molar-refractivity contribution in [2.45, 2.75) is 6.04 Å². The minimum Gasteiger partial charge on any atom is -0.447 e. The van der Waals surface area contributed by atoms with Gasteiger partial charge in [-0.05, 0) is 12.1 Å². The quantitative estimate of drug-likeness (QED) is 0.780. The largest absolute Gasteiger partial charge is 0.447 e. The van der Waals surface area contributed by atoms with Crippen LogP contribution in [0, 0.1) is 17.5 Å². The Balaban J connectivity index is 0.00000128. The minimum atomic E-state index is -1.30. The maximum Gasteiger partial charge on any atom is 0.407 e. The van der Waals surface area contributed by atoms with E-state index in [9.17, 15) is 18.0 Å². The number of alkyl carbamates (subject to hydrolysis) is 1. The van der Waals surface area contributed by atoms with Crippen molar-refractivity contribution >= 4 is 18.5 Å². The van der Waals surface area contributed by atoms with Crippen LogP contribution < -0.4 is 5.32 Å². The fourth-order valence-electron chi connectivity index (χ4n) is 1.40. The van der Waals surface area contributed by atoms with Crippen LogP contribution in [0.1, 0.15) is 11.6 Å². The number of hydrogen-bond donors (Lipinski definition) is 1. The van der Waals surface area contributed by atoms with E-state index < -0.39 is 35.2 Å². The fraction of sp³-hybridized carbons (Fsp3) is 0.222. The summed E-state index contributed by atoms with van der Waals surface area (Å²) in [6.45, 7) is -0.212. The molecule has 16 heavy (non-hydrogen) atoms. The summed E-state index contributed by atoms with van der Waals surface area (Å²) in [4.78, 5) is 10.7. The van der Waals surface area contributed by atoms with Gasteiger partial charge in [-0.15, -0.1) is 12.4 Å². The van der Waals surface area contributed by atoms with Crippen LogP contribution in [0.25, 0.3) is 0 Å². The van der Waals surface area contributed by atoms with Crippen LogP contribution in [0.15, 0.2) is 12.1 Å². The van der Waals surface area contributed by atoms with E-state index in [-0.39, 0.29) is 19.0 Å². The third-order valence-corrected chi connectivity index (χ3v) is 2.10. The molecule has 0 spiro atoms. The summed E-state index contributed by atoms with van der Waals surface area (Å²) < 4.78 is 43.7. The Labute approximate surface area is 95.0 Å². The molecule has 3 nitrogen and oxygen atoms in total. The van der Waals surface area contributed by atoms with E-state index in [0.29, 0.717) is 6.07 Å². The molecule has 1 aromatic rings. The Hall–Kier alpha value is -1.43. The van der Waals surface area contributed by atoms with Crippen molar-refractivity contribution in [2.75, 3.05) is 6.61 Å². The van der Waals surface area contributed by atoms with Gasteiger partial charge < -0.3 is 10.1 Å². The highest BCUT2D eigenvalue weighted by atomic mass is 35.5. The molecule has 1 amide bonds. The van der Waals surface area contributed by atoms with Gasteiger partial charge in [-0.2, -0.15) is 0 Å². The van der Waals surface area contributed by atoms with E-state index in [1.54, 1.807) is 0 Å². The molecule has 0 radical (unpaired) electrons. The standard InChI is InChI=1S/C9H6F3NO2.ClH/c10-4-1-2-5(11)8(12)7(4)6-3-15-9(14)13-6;/h1-2,6H,3H2,(H,13,14);1H/t6-;/m0./s1. The second-order valence-corrected chi connectivity index (χ2v) is 3.05. The summed E-state index contributed by atoms with van der Waals surface area (Å²) in [5, 5.41) is 2.17. The van der Waals surface area contributed by atoms with Gasteiger partial charge in [-0.3, -0.25) is 0 Å². The Morgan fingerprint density at radius 1 is 1.25 bits per heavy atom. The van der Waals surface area contributed by atoms with Gasteiger partial charge in [0.2, 0.25) is 0 Å². The highest BCUT2D eigenvalue weighted by molar-refractivity contribution is 5.85. The third kappa shape index (κ3) is 2.06. The molecule has 0 bridgehead atoms. The van der Waals surface area contributed by atoms with Gasteiger partial charge in [0.25, 0.3) is 0 Å². The summed E-state index contributed by atoms with van der Waals surface area (Å²) in [6, 6.07) is 0.512. The second-order valence-electron chi connectivity index (χ2n) is 3.05. The predicted molar refractivity (Wildman–Crippen MR) is 50.8 cm³/mol. The van der Waals surface area contributed by atoms with Crippen LogP contribution in [0.2, 0.25) is 0 Å². The third-order valence-electron chi connectivity index (χ3n) is 2.10. The highest BCUT2D eigenvalue weighted by Gasteiger charge is 2.30. The average molecular weight is 254 g/mol. The molecule has 1 atom stereocenters. The lowest BCUT2D eigenvalue weighted by atomic mass is 10.1. The van der Waals surface area contributed by atoms with Gasteiger partial charge >= 0.3 is 6.09 Å². The van der Waals surface area contributed by atoms with Gasteiger partial charge in [0.05, 0.1) is 11.6 Å². The normalized spacial score (nSPS) is 18.7. The molecule has 1 fully saturated rings. The molecule has 0 aliphatic carbocycles. The first-order valence-electron chi connectivity index (χ1n) is 4.16. The molecule has 1 aliphatic heterocycles. The van der Waals surface area contributed by atoms with Crippen molar-refractivity contribution in [3.05, 3.63) is 35.1 Å². The number of cyclic esters (lactones) is 1. The number of halogens is 4. The number of amides is 1. The summed E-state index contributed by atoms with van der Waals surface area (Å²) in [7, 11) is 0. The van der Waals surface area contributed by atoms with E-state index in [0.717, 1.165) is 6.07 Å². The van der Waals surface area contributed by atoms with Crippen LogP contribution >= 0.6 is 12.4 Å². The number of ether oxygens (including phenoxy) is 1. The Bertz CT molecular complexity index is 427. The molecule has 1 aromatic carbocycles. The Morgan fingerprint density at radius 3 is 2.44 bits per heavy atom. The molecule has 1 aliphatic rings. The molecule has 1 N–H and O–H groups in total. The molecule has 1 heterocycles. The van der Waals surface area contributed by atoms with E-state index in [1.807, 2.05) is 0 Å². The first-order chi connectivity index (χ1) is 7.09. The molecule has 0 unspecified atom stereocenters. The number of nitrogens with one attached hydrogen (secondary N) is 1. The zero-order chi connectivity index (χ0) is 11.0. The number of rotatable bonds is 1. The van der Waals surface area contributed by atoms with Gasteiger partial charge in [0.15, 0.2) is 11.6 Å². The molecule has 2 rings (SSSR count). The van der Waals surface area contributed by atoms with Crippen molar-refractivity contribution in [1.29, 1.82) is 0 Å². The molecular formula is C9H7ClF3NO2. The van der Waals surface area contributed by atoms with Crippen LogP contribution in [-0.2, 0) is 4.74 Å². The minimum absolute atomic E-state index is 0. The van der Waals surface area contributed by atoms with E-state index in [2.05, 4.69) is 10.1 Å². The van der Waals surface area contributed by atoms with Crippen LogP contribution in [0.5, 0.6) is 0 Å².